The molecule has 2 nitrogen and oxygen atoms in total. The largest absolute Gasteiger partial charge is 0.420 e. The van der Waals surface area contributed by atoms with Gasteiger partial charge in [0.1, 0.15) is 0 Å². The van der Waals surface area contributed by atoms with Gasteiger partial charge < -0.3 is 4.42 Å². The second-order valence-electron chi connectivity index (χ2n) is 2.03. The fourth-order valence-corrected chi connectivity index (χ4v) is 0.869. The fourth-order valence-electron chi connectivity index (χ4n) is 0.869. The standard InChI is InChI=1S/C7H3FO2/c8-5-3-4-1-2-6(5)10-7(4)9/h1-3H. The maximum atomic E-state index is 12.5. The first kappa shape index (κ1) is 5.41. The molecule has 0 aliphatic rings. The van der Waals surface area contributed by atoms with E-state index in [1.165, 1.54) is 18.2 Å². The molecule has 0 N–H and O–H groups in total. The Bertz CT molecular complexity index is 404. The Morgan fingerprint density at radius 2 is 2.20 bits per heavy atom. The summed E-state index contributed by atoms with van der Waals surface area (Å²) >= 11 is 0. The van der Waals surface area contributed by atoms with Gasteiger partial charge in [-0.2, -0.15) is 0 Å². The molecule has 3 aromatic rings. The predicted octanol–water partition coefficient (Wildman–Crippen LogP) is 1.37. The van der Waals surface area contributed by atoms with Gasteiger partial charge in [-0.05, 0) is 18.2 Å². The normalized spacial score (nSPS) is 10.9. The molecule has 1 aromatic carbocycles. The Hall–Kier alpha value is -1.38. The third-order valence-corrected chi connectivity index (χ3v) is 1.37. The van der Waals surface area contributed by atoms with Crippen LogP contribution in [0.1, 0.15) is 0 Å². The van der Waals surface area contributed by atoms with Crippen LogP contribution in [0, 0.1) is 5.82 Å². The van der Waals surface area contributed by atoms with Crippen LogP contribution in [-0.2, 0) is 0 Å². The van der Waals surface area contributed by atoms with E-state index < -0.39 is 11.4 Å². The zero-order valence-electron chi connectivity index (χ0n) is 4.93. The molecule has 50 valence electrons. The van der Waals surface area contributed by atoms with E-state index in [9.17, 15) is 9.18 Å². The highest BCUT2D eigenvalue weighted by molar-refractivity contribution is 5.60. The van der Waals surface area contributed by atoms with Crippen LogP contribution < -0.4 is 5.63 Å². The van der Waals surface area contributed by atoms with Crippen LogP contribution in [0.4, 0.5) is 4.39 Å². The van der Waals surface area contributed by atoms with Crippen LogP contribution in [0.2, 0.25) is 0 Å². The molecule has 0 aliphatic heterocycles. The molecular formula is C7H3FO2. The molecule has 2 aromatic heterocycles. The van der Waals surface area contributed by atoms with Crippen LogP contribution in [0.5, 0.6) is 0 Å². The average Bonchev–Trinajstić information content (AvgIpc) is 1.91. The van der Waals surface area contributed by atoms with Crippen molar-refractivity contribution in [1.29, 1.82) is 0 Å². The lowest BCUT2D eigenvalue weighted by atomic mass is 10.2. The molecular weight excluding hydrogens is 135 g/mol. The van der Waals surface area contributed by atoms with Crippen LogP contribution in [0.25, 0.3) is 11.0 Å². The molecule has 3 rings (SSSR count). The number of rotatable bonds is 0. The molecule has 3 heteroatoms. The van der Waals surface area contributed by atoms with Gasteiger partial charge in [0.05, 0.1) is 5.39 Å². The van der Waals surface area contributed by atoms with Crippen LogP contribution in [0.3, 0.4) is 0 Å². The lowest BCUT2D eigenvalue weighted by Crippen LogP contribution is -2.00. The third-order valence-electron chi connectivity index (χ3n) is 1.37. The lowest BCUT2D eigenvalue weighted by molar-refractivity contribution is 0.518. The summed E-state index contributed by atoms with van der Waals surface area (Å²) in [6.07, 6.45) is 0. The maximum absolute atomic E-state index is 12.5. The van der Waals surface area contributed by atoms with Crippen molar-refractivity contribution >= 4 is 11.0 Å². The molecule has 0 saturated carbocycles. The topological polar surface area (TPSA) is 30.2 Å². The van der Waals surface area contributed by atoms with Crippen molar-refractivity contribution in [3.63, 3.8) is 0 Å². The van der Waals surface area contributed by atoms with E-state index in [4.69, 9.17) is 0 Å². The summed E-state index contributed by atoms with van der Waals surface area (Å²) < 4.78 is 17.0. The first-order chi connectivity index (χ1) is 4.77. The van der Waals surface area contributed by atoms with Gasteiger partial charge in [0.2, 0.25) is 0 Å². The Kier molecular flexibility index (Phi) is 0.845. The van der Waals surface area contributed by atoms with Gasteiger partial charge in [0, 0.05) is 0 Å². The van der Waals surface area contributed by atoms with Gasteiger partial charge in [-0.3, -0.25) is 0 Å². The van der Waals surface area contributed by atoms with Crippen molar-refractivity contribution in [2.24, 2.45) is 0 Å². The summed E-state index contributed by atoms with van der Waals surface area (Å²) in [5.41, 5.74) is -0.459. The molecule has 0 spiro atoms. The summed E-state index contributed by atoms with van der Waals surface area (Å²) in [6.45, 7) is 0. The maximum Gasteiger partial charge on any atom is 0.343 e. The Morgan fingerprint density at radius 1 is 1.40 bits per heavy atom. The Labute approximate surface area is 55.2 Å². The molecule has 2 heterocycles. The molecule has 10 heavy (non-hydrogen) atoms. The number of halogens is 1. The quantitative estimate of drug-likeness (QED) is 0.550. The summed E-state index contributed by atoms with van der Waals surface area (Å²) in [5.74, 6) is -0.475. The third kappa shape index (κ3) is 0.543. The molecule has 0 aliphatic carbocycles. The van der Waals surface area contributed by atoms with Crippen molar-refractivity contribution < 1.29 is 8.81 Å². The van der Waals surface area contributed by atoms with Crippen molar-refractivity contribution in [2.45, 2.75) is 0 Å². The van der Waals surface area contributed by atoms with Gasteiger partial charge in [-0.15, -0.1) is 0 Å². The number of benzene rings is 1. The minimum Gasteiger partial charge on any atom is -0.420 e. The van der Waals surface area contributed by atoms with E-state index in [0.717, 1.165) is 0 Å². The number of hydrogen-bond acceptors (Lipinski definition) is 2. The molecule has 0 radical (unpaired) electrons. The average molecular weight is 138 g/mol. The van der Waals surface area contributed by atoms with Crippen molar-refractivity contribution in [2.75, 3.05) is 0 Å². The summed E-state index contributed by atoms with van der Waals surface area (Å²) in [4.78, 5) is 10.7. The zero-order valence-corrected chi connectivity index (χ0v) is 4.93. The van der Waals surface area contributed by atoms with Gasteiger partial charge in [0.25, 0.3) is 0 Å². The summed E-state index contributed by atoms with van der Waals surface area (Å²) in [6, 6.07) is 4.14. The highest BCUT2D eigenvalue weighted by Crippen LogP contribution is 2.11. The first-order valence-electron chi connectivity index (χ1n) is 2.79. The molecule has 0 fully saturated rings. The Morgan fingerprint density at radius 3 is 2.50 bits per heavy atom. The van der Waals surface area contributed by atoms with Gasteiger partial charge in [-0.1, -0.05) is 0 Å². The molecule has 0 saturated heterocycles. The van der Waals surface area contributed by atoms with Gasteiger partial charge >= 0.3 is 5.63 Å². The second-order valence-corrected chi connectivity index (χ2v) is 2.03. The monoisotopic (exact) mass is 138 g/mol. The molecule has 0 amide bonds. The highest BCUT2D eigenvalue weighted by Gasteiger charge is 2.04. The molecule has 2 bridgehead atoms. The van der Waals surface area contributed by atoms with E-state index in [2.05, 4.69) is 4.42 Å². The lowest BCUT2D eigenvalue weighted by Gasteiger charge is -1.95. The second kappa shape index (κ2) is 1.56. The minimum absolute atomic E-state index is 0.0139. The summed E-state index contributed by atoms with van der Waals surface area (Å²) in [7, 11) is 0. The fraction of sp³-hybridized carbons (Fsp3) is 0. The molecule has 0 unspecified atom stereocenters. The number of fused-ring (bicyclic) bond motifs is 3. The van der Waals surface area contributed by atoms with Crippen LogP contribution in [0.15, 0.2) is 27.4 Å². The van der Waals surface area contributed by atoms with Crippen LogP contribution >= 0.6 is 0 Å². The van der Waals surface area contributed by atoms with E-state index in [-0.39, 0.29) is 11.0 Å². The van der Waals surface area contributed by atoms with E-state index in [1.54, 1.807) is 0 Å². The zero-order chi connectivity index (χ0) is 7.14. The van der Waals surface area contributed by atoms with E-state index >= 15 is 0 Å². The predicted molar refractivity (Wildman–Crippen MR) is 33.6 cm³/mol. The van der Waals surface area contributed by atoms with Gasteiger partial charge in [0.15, 0.2) is 11.4 Å². The van der Waals surface area contributed by atoms with Crippen molar-refractivity contribution in [3.8, 4) is 0 Å². The van der Waals surface area contributed by atoms with E-state index in [1.807, 2.05) is 0 Å². The summed E-state index contributed by atoms with van der Waals surface area (Å²) in [5, 5.41) is 0.271. The smallest absolute Gasteiger partial charge is 0.343 e. The first-order valence-corrected chi connectivity index (χ1v) is 2.79. The van der Waals surface area contributed by atoms with E-state index in [0.29, 0.717) is 0 Å². The van der Waals surface area contributed by atoms with Gasteiger partial charge in [-0.25, -0.2) is 9.18 Å². The van der Waals surface area contributed by atoms with Crippen molar-refractivity contribution in [3.05, 3.63) is 34.4 Å². The highest BCUT2D eigenvalue weighted by atomic mass is 19.1. The van der Waals surface area contributed by atoms with Crippen molar-refractivity contribution in [1.82, 2.24) is 0 Å². The molecule has 0 atom stereocenters. The SMILES string of the molecule is O=c1oc2ccc1cc2F. The number of hydrogen-bond donors (Lipinski definition) is 0. The Balaban J connectivity index is 3.09. The minimum atomic E-state index is -0.475. The van der Waals surface area contributed by atoms with Crippen LogP contribution in [-0.4, -0.2) is 0 Å².